The van der Waals surface area contributed by atoms with E-state index in [1.807, 2.05) is 20.8 Å². The summed E-state index contributed by atoms with van der Waals surface area (Å²) in [7, 11) is 0. The highest BCUT2D eigenvalue weighted by atomic mass is 16.4. The fourth-order valence-corrected chi connectivity index (χ4v) is 2.31. The first-order chi connectivity index (χ1) is 9.66. The molecule has 5 heteroatoms. The lowest BCUT2D eigenvalue weighted by Crippen LogP contribution is -2.45. The van der Waals surface area contributed by atoms with E-state index in [1.165, 1.54) is 6.07 Å². The topological polar surface area (TPSA) is 78.4 Å². The third-order valence-corrected chi connectivity index (χ3v) is 3.48. The number of amides is 2. The highest BCUT2D eigenvalue weighted by Crippen LogP contribution is 2.20. The van der Waals surface area contributed by atoms with Crippen molar-refractivity contribution in [2.24, 2.45) is 0 Å². The molecule has 1 aromatic rings. The van der Waals surface area contributed by atoms with Crippen molar-refractivity contribution < 1.29 is 14.7 Å². The van der Waals surface area contributed by atoms with Crippen LogP contribution in [-0.4, -0.2) is 22.6 Å². The Morgan fingerprint density at radius 1 is 1.24 bits per heavy atom. The van der Waals surface area contributed by atoms with Crippen LogP contribution in [0.5, 0.6) is 0 Å². The van der Waals surface area contributed by atoms with Crippen molar-refractivity contribution in [2.75, 3.05) is 5.32 Å². The van der Waals surface area contributed by atoms with E-state index in [0.29, 0.717) is 11.3 Å². The first-order valence-corrected chi connectivity index (χ1v) is 7.10. The van der Waals surface area contributed by atoms with Crippen LogP contribution in [0.15, 0.2) is 12.1 Å². The Morgan fingerprint density at radius 3 is 2.38 bits per heavy atom. The van der Waals surface area contributed by atoms with Gasteiger partial charge in [-0.3, -0.25) is 0 Å². The number of hydrogen-bond acceptors (Lipinski definition) is 2. The van der Waals surface area contributed by atoms with Crippen molar-refractivity contribution in [1.29, 1.82) is 0 Å². The van der Waals surface area contributed by atoms with Gasteiger partial charge in [-0.2, -0.15) is 0 Å². The van der Waals surface area contributed by atoms with E-state index in [-0.39, 0.29) is 17.1 Å². The number of carbonyl (C=O) groups excluding carboxylic acids is 1. The maximum Gasteiger partial charge on any atom is 0.336 e. The average Bonchev–Trinajstić information content (AvgIpc) is 2.31. The maximum absolute atomic E-state index is 12.0. The number of anilines is 1. The van der Waals surface area contributed by atoms with Gasteiger partial charge in [0.05, 0.1) is 5.56 Å². The molecule has 5 nitrogen and oxygen atoms in total. The second-order valence-corrected chi connectivity index (χ2v) is 5.98. The molecule has 21 heavy (non-hydrogen) atoms. The molecule has 0 saturated carbocycles. The van der Waals surface area contributed by atoms with Gasteiger partial charge in [-0.05, 0) is 57.4 Å². The van der Waals surface area contributed by atoms with Crippen LogP contribution in [0.3, 0.4) is 0 Å². The zero-order valence-electron chi connectivity index (χ0n) is 13.3. The molecule has 0 heterocycles. The van der Waals surface area contributed by atoms with Crippen molar-refractivity contribution >= 4 is 17.7 Å². The molecule has 0 aliphatic carbocycles. The lowest BCUT2D eigenvalue weighted by molar-refractivity contribution is 0.0696. The summed E-state index contributed by atoms with van der Waals surface area (Å²) in [5, 5.41) is 14.8. The summed E-state index contributed by atoms with van der Waals surface area (Å²) in [6.07, 6.45) is 1.84. The summed E-state index contributed by atoms with van der Waals surface area (Å²) in [5.74, 6) is -0.994. The van der Waals surface area contributed by atoms with Crippen LogP contribution in [0.1, 0.15) is 55.1 Å². The molecular formula is C16H24N2O3. The van der Waals surface area contributed by atoms with E-state index >= 15 is 0 Å². The fourth-order valence-electron chi connectivity index (χ4n) is 2.31. The lowest BCUT2D eigenvalue weighted by Gasteiger charge is -2.26. The Morgan fingerprint density at radius 2 is 1.86 bits per heavy atom. The van der Waals surface area contributed by atoms with Crippen LogP contribution in [0.2, 0.25) is 0 Å². The summed E-state index contributed by atoms with van der Waals surface area (Å²) in [6, 6.07) is 2.93. The molecule has 0 aliphatic heterocycles. The summed E-state index contributed by atoms with van der Waals surface area (Å²) < 4.78 is 0. The molecule has 0 aromatic heterocycles. The number of carboxylic acid groups (broad SMARTS) is 1. The number of benzene rings is 1. The molecule has 2 amide bonds. The zero-order chi connectivity index (χ0) is 16.2. The normalized spacial score (nSPS) is 11.1. The van der Waals surface area contributed by atoms with Gasteiger partial charge in [0.1, 0.15) is 0 Å². The van der Waals surface area contributed by atoms with Gasteiger partial charge in [0.15, 0.2) is 0 Å². The maximum atomic E-state index is 12.0. The minimum Gasteiger partial charge on any atom is -0.478 e. The molecule has 1 aromatic carbocycles. The Kier molecular flexibility index (Phi) is 5.35. The molecule has 0 radical (unpaired) electrons. The van der Waals surface area contributed by atoms with Crippen LogP contribution in [-0.2, 0) is 0 Å². The molecule has 0 aliphatic rings. The Balaban J connectivity index is 2.89. The summed E-state index contributed by atoms with van der Waals surface area (Å²) in [6.45, 7) is 9.56. The van der Waals surface area contributed by atoms with Crippen molar-refractivity contribution in [2.45, 2.75) is 53.0 Å². The lowest BCUT2D eigenvalue weighted by atomic mass is 9.99. The Hall–Kier alpha value is -2.04. The van der Waals surface area contributed by atoms with E-state index < -0.39 is 5.97 Å². The third kappa shape index (κ3) is 4.77. The van der Waals surface area contributed by atoms with Gasteiger partial charge < -0.3 is 15.7 Å². The molecule has 0 unspecified atom stereocenters. The molecule has 3 N–H and O–H groups in total. The number of carboxylic acids is 1. The minimum absolute atomic E-state index is 0.207. The molecule has 0 saturated heterocycles. The first-order valence-electron chi connectivity index (χ1n) is 7.10. The van der Waals surface area contributed by atoms with Gasteiger partial charge in [0, 0.05) is 11.2 Å². The largest absolute Gasteiger partial charge is 0.478 e. The average molecular weight is 292 g/mol. The number of rotatable bonds is 5. The highest BCUT2D eigenvalue weighted by Gasteiger charge is 2.19. The first kappa shape index (κ1) is 17.0. The summed E-state index contributed by atoms with van der Waals surface area (Å²) in [4.78, 5) is 23.2. The SMILES string of the molecule is CCCC(C)(C)NC(=O)Nc1cc(C)c(C)c(C(=O)O)c1. The molecule has 116 valence electrons. The molecule has 1 rings (SSSR count). The number of aromatic carboxylic acids is 1. The number of carbonyl (C=O) groups is 2. The van der Waals surface area contributed by atoms with Crippen molar-refractivity contribution in [1.82, 2.24) is 5.32 Å². The van der Waals surface area contributed by atoms with Crippen LogP contribution in [0.25, 0.3) is 0 Å². The van der Waals surface area contributed by atoms with Gasteiger partial charge in [-0.25, -0.2) is 9.59 Å². The molecular weight excluding hydrogens is 268 g/mol. The standard InChI is InChI=1S/C16H24N2O3/c1-6-7-16(4,5)18-15(21)17-12-8-10(2)11(3)13(9-12)14(19)20/h8-9H,6-7H2,1-5H3,(H,19,20)(H2,17,18,21). The number of hydrogen-bond donors (Lipinski definition) is 3. The molecule has 0 fully saturated rings. The van der Waals surface area contributed by atoms with E-state index in [1.54, 1.807) is 13.0 Å². The van der Waals surface area contributed by atoms with Gasteiger partial charge in [0.25, 0.3) is 0 Å². The van der Waals surface area contributed by atoms with Crippen LogP contribution >= 0.6 is 0 Å². The Labute approximate surface area is 125 Å². The van der Waals surface area contributed by atoms with Gasteiger partial charge in [-0.1, -0.05) is 13.3 Å². The van der Waals surface area contributed by atoms with E-state index in [2.05, 4.69) is 17.6 Å². The van der Waals surface area contributed by atoms with Crippen LogP contribution in [0, 0.1) is 13.8 Å². The third-order valence-electron chi connectivity index (χ3n) is 3.48. The second kappa shape index (κ2) is 6.61. The van der Waals surface area contributed by atoms with Crippen molar-refractivity contribution in [3.8, 4) is 0 Å². The highest BCUT2D eigenvalue weighted by molar-refractivity contribution is 5.94. The predicted molar refractivity (Wildman–Crippen MR) is 84.0 cm³/mol. The van der Waals surface area contributed by atoms with Crippen molar-refractivity contribution in [3.05, 3.63) is 28.8 Å². The zero-order valence-corrected chi connectivity index (χ0v) is 13.3. The monoisotopic (exact) mass is 292 g/mol. The quantitative estimate of drug-likeness (QED) is 0.774. The van der Waals surface area contributed by atoms with E-state index in [9.17, 15) is 14.7 Å². The minimum atomic E-state index is -0.994. The van der Waals surface area contributed by atoms with Gasteiger partial charge in [0.2, 0.25) is 0 Å². The fraction of sp³-hybridized carbons (Fsp3) is 0.500. The number of nitrogens with one attached hydrogen (secondary N) is 2. The van der Waals surface area contributed by atoms with Crippen molar-refractivity contribution in [3.63, 3.8) is 0 Å². The van der Waals surface area contributed by atoms with Gasteiger partial charge >= 0.3 is 12.0 Å². The second-order valence-electron chi connectivity index (χ2n) is 5.98. The van der Waals surface area contributed by atoms with E-state index in [0.717, 1.165) is 18.4 Å². The summed E-state index contributed by atoms with van der Waals surface area (Å²) >= 11 is 0. The Bertz CT molecular complexity index is 551. The number of urea groups is 1. The van der Waals surface area contributed by atoms with Gasteiger partial charge in [-0.15, -0.1) is 0 Å². The van der Waals surface area contributed by atoms with Crippen LogP contribution in [0.4, 0.5) is 10.5 Å². The molecule has 0 atom stereocenters. The number of aryl methyl sites for hydroxylation is 1. The van der Waals surface area contributed by atoms with Crippen LogP contribution < -0.4 is 10.6 Å². The summed E-state index contributed by atoms with van der Waals surface area (Å²) in [5.41, 5.74) is 1.94. The smallest absolute Gasteiger partial charge is 0.336 e. The molecule has 0 spiro atoms. The molecule has 0 bridgehead atoms. The van der Waals surface area contributed by atoms with E-state index in [4.69, 9.17) is 0 Å². The predicted octanol–water partition coefficient (Wildman–Crippen LogP) is 3.70.